The van der Waals surface area contributed by atoms with E-state index >= 15 is 0 Å². The fraction of sp³-hybridized carbons (Fsp3) is 1.00. The molecule has 0 aliphatic heterocycles. The predicted molar refractivity (Wildman–Crippen MR) is 33.8 cm³/mol. The second kappa shape index (κ2) is 1.73. The van der Waals surface area contributed by atoms with Crippen LogP contribution >= 0.6 is 0 Å². The average Bonchev–Trinajstić information content (AvgIpc) is 1.60. The van der Waals surface area contributed by atoms with Gasteiger partial charge in [-0.3, -0.25) is 0 Å². The van der Waals surface area contributed by atoms with Gasteiger partial charge in [-0.2, -0.15) is 0 Å². The predicted octanol–water partition coefficient (Wildman–Crippen LogP) is 1.82. The number of ether oxygens (including phenoxy) is 1. The van der Waals surface area contributed by atoms with Crippen LogP contribution in [0.1, 0.15) is 26.7 Å². The Balaban J connectivity index is 2.21. The van der Waals surface area contributed by atoms with Crippen LogP contribution in [0.4, 0.5) is 0 Å². The molecule has 0 aromatic carbocycles. The summed E-state index contributed by atoms with van der Waals surface area (Å²) in [5.74, 6) is 0. The SMILES string of the molecule is COC1CC(C)(C)C1. The zero-order valence-electron chi connectivity index (χ0n) is 5.90. The first-order valence-corrected chi connectivity index (χ1v) is 3.17. The van der Waals surface area contributed by atoms with Crippen LogP contribution in [0.15, 0.2) is 0 Å². The zero-order valence-corrected chi connectivity index (χ0v) is 5.90. The van der Waals surface area contributed by atoms with Gasteiger partial charge >= 0.3 is 0 Å². The molecule has 0 saturated heterocycles. The van der Waals surface area contributed by atoms with Crippen LogP contribution in [0.2, 0.25) is 0 Å². The van der Waals surface area contributed by atoms with Crippen LogP contribution in [0.3, 0.4) is 0 Å². The molecular weight excluding hydrogens is 100 g/mol. The third-order valence-corrected chi connectivity index (χ3v) is 1.89. The van der Waals surface area contributed by atoms with E-state index in [0.717, 1.165) is 0 Å². The molecule has 0 aromatic heterocycles. The van der Waals surface area contributed by atoms with Crippen LogP contribution in [-0.2, 0) is 4.74 Å². The normalized spacial score (nSPS) is 27.4. The van der Waals surface area contributed by atoms with E-state index in [-0.39, 0.29) is 0 Å². The minimum absolute atomic E-state index is 0.560. The smallest absolute Gasteiger partial charge is 0.0581 e. The summed E-state index contributed by atoms with van der Waals surface area (Å²) in [6.45, 7) is 4.56. The number of methoxy groups -OCH3 is 1. The molecule has 1 heteroatoms. The summed E-state index contributed by atoms with van der Waals surface area (Å²) in [7, 11) is 1.79. The van der Waals surface area contributed by atoms with Crippen molar-refractivity contribution in [1.29, 1.82) is 0 Å². The highest BCUT2D eigenvalue weighted by molar-refractivity contribution is 4.86. The van der Waals surface area contributed by atoms with E-state index in [2.05, 4.69) is 13.8 Å². The summed E-state index contributed by atoms with van der Waals surface area (Å²) < 4.78 is 5.12. The summed E-state index contributed by atoms with van der Waals surface area (Å²) in [5, 5.41) is 0. The second-order valence-corrected chi connectivity index (χ2v) is 3.43. The molecule has 1 rings (SSSR count). The van der Waals surface area contributed by atoms with E-state index in [4.69, 9.17) is 4.74 Å². The molecule has 0 atom stereocenters. The van der Waals surface area contributed by atoms with Gasteiger partial charge in [0.05, 0.1) is 6.10 Å². The van der Waals surface area contributed by atoms with Crippen LogP contribution in [0.5, 0.6) is 0 Å². The maximum Gasteiger partial charge on any atom is 0.0581 e. The molecule has 0 heterocycles. The first-order chi connectivity index (χ1) is 3.64. The topological polar surface area (TPSA) is 9.23 Å². The average molecular weight is 114 g/mol. The van der Waals surface area contributed by atoms with Gasteiger partial charge < -0.3 is 4.74 Å². The molecule has 0 aromatic rings. The molecule has 1 nitrogen and oxygen atoms in total. The van der Waals surface area contributed by atoms with Crippen molar-refractivity contribution >= 4 is 0 Å². The van der Waals surface area contributed by atoms with Crippen molar-refractivity contribution in [3.63, 3.8) is 0 Å². The molecule has 0 spiro atoms. The van der Waals surface area contributed by atoms with E-state index < -0.39 is 0 Å². The second-order valence-electron chi connectivity index (χ2n) is 3.43. The van der Waals surface area contributed by atoms with Crippen molar-refractivity contribution < 1.29 is 4.74 Å². The summed E-state index contributed by atoms with van der Waals surface area (Å²) in [4.78, 5) is 0. The molecule has 0 unspecified atom stereocenters. The maximum atomic E-state index is 5.12. The minimum atomic E-state index is 0.560. The van der Waals surface area contributed by atoms with E-state index in [1.54, 1.807) is 7.11 Å². The first kappa shape index (κ1) is 6.09. The number of rotatable bonds is 1. The molecule has 1 saturated carbocycles. The molecule has 8 heavy (non-hydrogen) atoms. The summed E-state index contributed by atoms with van der Waals surface area (Å²) in [5.41, 5.74) is 0.570. The van der Waals surface area contributed by atoms with Crippen LogP contribution in [-0.4, -0.2) is 13.2 Å². The Hall–Kier alpha value is -0.0400. The lowest BCUT2D eigenvalue weighted by Gasteiger charge is -2.41. The first-order valence-electron chi connectivity index (χ1n) is 3.17. The Morgan fingerprint density at radius 3 is 2.00 bits per heavy atom. The van der Waals surface area contributed by atoms with Gasteiger partial charge in [0.2, 0.25) is 0 Å². The molecule has 0 N–H and O–H groups in total. The van der Waals surface area contributed by atoms with Gasteiger partial charge in [-0.1, -0.05) is 13.8 Å². The van der Waals surface area contributed by atoms with Gasteiger partial charge in [0.1, 0.15) is 0 Å². The molecular formula is C7H14O. The Labute approximate surface area is 51.0 Å². The monoisotopic (exact) mass is 114 g/mol. The van der Waals surface area contributed by atoms with Crippen molar-refractivity contribution in [2.75, 3.05) is 7.11 Å². The highest BCUT2D eigenvalue weighted by atomic mass is 16.5. The molecule has 1 aliphatic carbocycles. The van der Waals surface area contributed by atoms with Gasteiger partial charge in [0, 0.05) is 7.11 Å². The number of hydrogen-bond donors (Lipinski definition) is 0. The third-order valence-electron chi connectivity index (χ3n) is 1.89. The molecule has 0 amide bonds. The molecule has 48 valence electrons. The van der Waals surface area contributed by atoms with E-state index in [9.17, 15) is 0 Å². The lowest BCUT2D eigenvalue weighted by atomic mass is 9.70. The highest BCUT2D eigenvalue weighted by Gasteiger charge is 2.35. The standard InChI is InChI=1S/C7H14O/c1-7(2)4-6(5-7)8-3/h6H,4-5H2,1-3H3. The zero-order chi connectivity index (χ0) is 6.20. The Morgan fingerprint density at radius 1 is 1.38 bits per heavy atom. The molecule has 1 fully saturated rings. The number of hydrogen-bond acceptors (Lipinski definition) is 1. The van der Waals surface area contributed by atoms with Gasteiger partial charge in [0.25, 0.3) is 0 Å². The van der Waals surface area contributed by atoms with Crippen molar-refractivity contribution in [3.8, 4) is 0 Å². The van der Waals surface area contributed by atoms with E-state index in [1.807, 2.05) is 0 Å². The van der Waals surface area contributed by atoms with Gasteiger partial charge in [-0.25, -0.2) is 0 Å². The van der Waals surface area contributed by atoms with Gasteiger partial charge in [-0.05, 0) is 18.3 Å². The molecule has 0 bridgehead atoms. The van der Waals surface area contributed by atoms with Crippen molar-refractivity contribution in [2.45, 2.75) is 32.8 Å². The Morgan fingerprint density at radius 2 is 1.88 bits per heavy atom. The van der Waals surface area contributed by atoms with Crippen molar-refractivity contribution in [2.24, 2.45) is 5.41 Å². The molecule has 1 aliphatic rings. The van der Waals surface area contributed by atoms with Gasteiger partial charge in [0.15, 0.2) is 0 Å². The summed E-state index contributed by atoms with van der Waals surface area (Å²) in [6.07, 6.45) is 3.04. The fourth-order valence-electron chi connectivity index (χ4n) is 1.34. The lowest BCUT2D eigenvalue weighted by Crippen LogP contribution is -2.37. The van der Waals surface area contributed by atoms with Crippen molar-refractivity contribution in [1.82, 2.24) is 0 Å². The van der Waals surface area contributed by atoms with E-state index in [0.29, 0.717) is 11.5 Å². The van der Waals surface area contributed by atoms with Gasteiger partial charge in [-0.15, -0.1) is 0 Å². The molecule has 0 radical (unpaired) electrons. The minimum Gasteiger partial charge on any atom is -0.381 e. The van der Waals surface area contributed by atoms with Crippen LogP contribution in [0.25, 0.3) is 0 Å². The lowest BCUT2D eigenvalue weighted by molar-refractivity contribution is -0.0400. The highest BCUT2D eigenvalue weighted by Crippen LogP contribution is 2.41. The van der Waals surface area contributed by atoms with Crippen molar-refractivity contribution in [3.05, 3.63) is 0 Å². The Bertz CT molecular complexity index is 78.4. The quantitative estimate of drug-likeness (QED) is 0.505. The summed E-state index contributed by atoms with van der Waals surface area (Å²) in [6, 6.07) is 0. The third kappa shape index (κ3) is 1.03. The largest absolute Gasteiger partial charge is 0.381 e. The summed E-state index contributed by atoms with van der Waals surface area (Å²) >= 11 is 0. The van der Waals surface area contributed by atoms with E-state index in [1.165, 1.54) is 12.8 Å². The van der Waals surface area contributed by atoms with Crippen LogP contribution in [0, 0.1) is 5.41 Å². The Kier molecular flexibility index (Phi) is 1.31. The fourth-order valence-corrected chi connectivity index (χ4v) is 1.34. The maximum absolute atomic E-state index is 5.12. The van der Waals surface area contributed by atoms with Crippen LogP contribution < -0.4 is 0 Å².